The summed E-state index contributed by atoms with van der Waals surface area (Å²) in [7, 11) is 0. The summed E-state index contributed by atoms with van der Waals surface area (Å²) in [6.07, 6.45) is -2.14. The molecular weight excluding hydrogens is 820 g/mol. The van der Waals surface area contributed by atoms with Gasteiger partial charge in [0, 0.05) is 19.4 Å². The number of nitrogens with one attached hydrogen (secondary N) is 7. The number of carboxylic acids is 4. The Hall–Kier alpha value is -6.68. The number of carbonyl (C=O) groups excluding carboxylic acids is 7. The normalized spacial score (nSPS) is 13.6. The summed E-state index contributed by atoms with van der Waals surface area (Å²) in [5.41, 5.74) is 21.9. The van der Waals surface area contributed by atoms with Crippen LogP contribution >= 0.6 is 0 Å². The first-order valence-corrected chi connectivity index (χ1v) is 18.7. The van der Waals surface area contributed by atoms with Gasteiger partial charge in [-0.15, -0.1) is 0 Å². The van der Waals surface area contributed by atoms with E-state index in [1.807, 2.05) is 10.6 Å². The van der Waals surface area contributed by atoms with Crippen LogP contribution in [0.2, 0.25) is 0 Å². The number of guanidine groups is 1. The topological polar surface area (TPSA) is 490 Å². The molecule has 7 amide bonds. The van der Waals surface area contributed by atoms with E-state index < -0.39 is 153 Å². The summed E-state index contributed by atoms with van der Waals surface area (Å²) in [6.45, 7) is -2.52. The van der Waals surface area contributed by atoms with E-state index in [9.17, 15) is 57.8 Å². The van der Waals surface area contributed by atoms with E-state index in [1.54, 1.807) is 0 Å². The van der Waals surface area contributed by atoms with Crippen LogP contribution < -0.4 is 60.2 Å². The molecule has 28 heteroatoms. The summed E-state index contributed by atoms with van der Waals surface area (Å²) < 4.78 is 0. The highest BCUT2D eigenvalue weighted by Crippen LogP contribution is 2.06. The van der Waals surface area contributed by atoms with Crippen LogP contribution in [-0.4, -0.2) is 166 Å². The number of carboxylic acid groups (broad SMARTS) is 4. The molecule has 0 aliphatic rings. The molecule has 0 unspecified atom stereocenters. The average Bonchev–Trinajstić information content (AvgIpc) is 3.18. The number of aliphatic hydroxyl groups is 1. The molecule has 0 spiro atoms. The van der Waals surface area contributed by atoms with E-state index in [4.69, 9.17) is 43.4 Å². The number of aliphatic imine (C=N–C) groups is 1. The van der Waals surface area contributed by atoms with E-state index in [1.165, 1.54) is 0 Å². The summed E-state index contributed by atoms with van der Waals surface area (Å²) in [4.78, 5) is 139. The van der Waals surface area contributed by atoms with E-state index in [-0.39, 0.29) is 31.8 Å². The first kappa shape index (κ1) is 54.3. The zero-order valence-electron chi connectivity index (χ0n) is 33.1. The molecule has 0 radical (unpaired) electrons. The van der Waals surface area contributed by atoms with Crippen LogP contribution in [0.5, 0.6) is 0 Å². The molecule has 0 saturated carbocycles. The van der Waals surface area contributed by atoms with Gasteiger partial charge in [-0.3, -0.25) is 52.9 Å². The monoisotopic (exact) mass is 876 g/mol. The predicted octanol–water partition coefficient (Wildman–Crippen LogP) is -7.57. The van der Waals surface area contributed by atoms with Crippen molar-refractivity contribution in [2.45, 2.75) is 100 Å². The van der Waals surface area contributed by atoms with Crippen LogP contribution in [0.25, 0.3) is 0 Å². The van der Waals surface area contributed by atoms with Gasteiger partial charge in [-0.2, -0.15) is 0 Å². The number of unbranched alkanes of at least 4 members (excludes halogenated alkanes) is 1. The van der Waals surface area contributed by atoms with Gasteiger partial charge in [0.2, 0.25) is 41.4 Å². The summed E-state index contributed by atoms with van der Waals surface area (Å²) in [6, 6.07) is -9.37. The number of hydrogen-bond acceptors (Lipinski definition) is 15. The Morgan fingerprint density at radius 3 is 1.44 bits per heavy atom. The Morgan fingerprint density at radius 1 is 0.525 bits per heavy atom. The fourth-order valence-electron chi connectivity index (χ4n) is 4.95. The minimum atomic E-state index is -1.85. The highest BCUT2D eigenvalue weighted by Gasteiger charge is 2.31. The van der Waals surface area contributed by atoms with Gasteiger partial charge < -0.3 is 85.7 Å². The van der Waals surface area contributed by atoms with Crippen molar-refractivity contribution in [2.75, 3.05) is 32.8 Å². The summed E-state index contributed by atoms with van der Waals surface area (Å²) >= 11 is 0. The second-order valence-corrected chi connectivity index (χ2v) is 13.2. The van der Waals surface area contributed by atoms with Gasteiger partial charge >= 0.3 is 23.9 Å². The van der Waals surface area contributed by atoms with Crippen LogP contribution in [0.4, 0.5) is 0 Å². The third-order valence-electron chi connectivity index (χ3n) is 8.14. The van der Waals surface area contributed by atoms with Crippen LogP contribution in [0.3, 0.4) is 0 Å². The quantitative estimate of drug-likeness (QED) is 0.0170. The summed E-state index contributed by atoms with van der Waals surface area (Å²) in [5, 5.41) is 60.8. The molecule has 0 aromatic carbocycles. The molecule has 0 heterocycles. The van der Waals surface area contributed by atoms with Gasteiger partial charge in [-0.05, 0) is 45.1 Å². The van der Waals surface area contributed by atoms with Crippen molar-refractivity contribution in [1.82, 2.24) is 37.2 Å². The van der Waals surface area contributed by atoms with Gasteiger partial charge in [0.05, 0.1) is 32.2 Å². The third kappa shape index (κ3) is 24.8. The van der Waals surface area contributed by atoms with Crippen molar-refractivity contribution < 1.29 is 78.3 Å². The number of hydrogen-bond donors (Lipinski definition) is 16. The fourth-order valence-corrected chi connectivity index (χ4v) is 4.95. The lowest BCUT2D eigenvalue weighted by Gasteiger charge is -2.24. The maximum atomic E-state index is 13.2. The molecule has 344 valence electrons. The van der Waals surface area contributed by atoms with Gasteiger partial charge in [-0.25, -0.2) is 4.79 Å². The van der Waals surface area contributed by atoms with Gasteiger partial charge in [0.25, 0.3) is 0 Å². The lowest BCUT2D eigenvalue weighted by Crippen LogP contribution is -2.57. The van der Waals surface area contributed by atoms with Crippen molar-refractivity contribution in [3.63, 3.8) is 0 Å². The molecule has 0 aliphatic carbocycles. The molecule has 20 N–H and O–H groups in total. The lowest BCUT2D eigenvalue weighted by molar-refractivity contribution is -0.144. The maximum Gasteiger partial charge on any atom is 0.328 e. The Kier molecular flexibility index (Phi) is 26.3. The van der Waals surface area contributed by atoms with Crippen molar-refractivity contribution in [1.29, 1.82) is 0 Å². The van der Waals surface area contributed by atoms with Crippen molar-refractivity contribution in [2.24, 2.45) is 27.9 Å². The third-order valence-corrected chi connectivity index (χ3v) is 8.14. The first-order chi connectivity index (χ1) is 28.6. The highest BCUT2D eigenvalue weighted by atomic mass is 16.4. The van der Waals surface area contributed by atoms with E-state index in [0.29, 0.717) is 19.4 Å². The Labute approximate surface area is 347 Å². The smallest absolute Gasteiger partial charge is 0.328 e. The zero-order chi connectivity index (χ0) is 46.7. The number of amides is 7. The predicted molar refractivity (Wildman–Crippen MR) is 207 cm³/mol. The molecule has 0 rings (SSSR count). The second kappa shape index (κ2) is 29.5. The van der Waals surface area contributed by atoms with E-state index in [2.05, 4.69) is 31.6 Å². The molecule has 0 saturated heterocycles. The second-order valence-electron chi connectivity index (χ2n) is 13.2. The molecule has 0 aliphatic heterocycles. The van der Waals surface area contributed by atoms with Gasteiger partial charge in [-0.1, -0.05) is 6.42 Å². The van der Waals surface area contributed by atoms with Crippen LogP contribution in [0.1, 0.15) is 64.2 Å². The minimum absolute atomic E-state index is 0.0323. The first-order valence-electron chi connectivity index (χ1n) is 18.7. The molecule has 28 nitrogen and oxygen atoms in total. The molecule has 0 fully saturated rings. The van der Waals surface area contributed by atoms with Crippen molar-refractivity contribution in [3.05, 3.63) is 0 Å². The molecular formula is C33H56N12O16. The number of aliphatic carboxylic acids is 4. The van der Waals surface area contributed by atoms with E-state index in [0.717, 1.165) is 0 Å². The Bertz CT molecular complexity index is 1590. The van der Waals surface area contributed by atoms with Crippen LogP contribution in [0, 0.1) is 0 Å². The average molecular weight is 877 g/mol. The Morgan fingerprint density at radius 2 is 0.984 bits per heavy atom. The zero-order valence-corrected chi connectivity index (χ0v) is 33.1. The highest BCUT2D eigenvalue weighted by molar-refractivity contribution is 5.97. The van der Waals surface area contributed by atoms with Crippen molar-refractivity contribution >= 4 is 71.2 Å². The number of carbonyl (C=O) groups is 11. The number of nitrogens with zero attached hydrogens (tertiary/aromatic N) is 1. The standard InChI is InChI=1S/C33H56N12O16/c34-10-2-1-4-16(35)27(55)43-19(7-9-25(51)52)30(58)44-18(6-8-24(49)50)29(57)40-13-22(47)41-17(5-3-11-38-33(36)37)28(56)39-14-23(48)42-20(12-26(53)54)31(59)45-21(15-46)32(60)61/h16-21,46H,1-15,34-35H2,(H,39,56)(H,40,57)(H,41,47)(H,42,48)(H,43,55)(H,44,58)(H,45,59)(H,49,50)(H,51,52)(H,53,54)(H,60,61)(H4,36,37,38)/t16-,17-,18-,19-,20-,21-/m0/s1. The summed E-state index contributed by atoms with van der Waals surface area (Å²) in [5.74, 6) is -13.6. The molecule has 0 bridgehead atoms. The number of nitrogens with two attached hydrogens (primary N) is 4. The van der Waals surface area contributed by atoms with Crippen molar-refractivity contribution in [3.8, 4) is 0 Å². The fraction of sp³-hybridized carbons (Fsp3) is 0.636. The van der Waals surface area contributed by atoms with Crippen LogP contribution in [-0.2, 0) is 52.7 Å². The van der Waals surface area contributed by atoms with E-state index >= 15 is 0 Å². The van der Waals surface area contributed by atoms with Crippen LogP contribution in [0.15, 0.2) is 4.99 Å². The maximum absolute atomic E-state index is 13.2. The molecule has 61 heavy (non-hydrogen) atoms. The van der Waals surface area contributed by atoms with Gasteiger partial charge in [0.15, 0.2) is 5.96 Å². The molecule has 6 atom stereocenters. The molecule has 0 aromatic rings. The molecule has 0 aromatic heterocycles. The minimum Gasteiger partial charge on any atom is -0.481 e. The van der Waals surface area contributed by atoms with Gasteiger partial charge in [0.1, 0.15) is 30.2 Å². The SMILES string of the molecule is NCCCC[C@H](N)C(=O)N[C@@H](CCC(=O)O)C(=O)N[C@@H](CCC(=O)O)C(=O)NCC(=O)N[C@@H](CCCN=C(N)N)C(=O)NCC(=O)N[C@@H](CC(=O)O)C(=O)N[C@@H](CO)C(=O)O. The largest absolute Gasteiger partial charge is 0.481 e. The Balaban J connectivity index is 5.88. The number of aliphatic hydroxyl groups excluding tert-OH is 1. The number of rotatable bonds is 32. The lowest BCUT2D eigenvalue weighted by atomic mass is 10.1.